The Kier molecular flexibility index (Phi) is 4.82. The summed E-state index contributed by atoms with van der Waals surface area (Å²) >= 11 is 0. The summed E-state index contributed by atoms with van der Waals surface area (Å²) in [7, 11) is 0.413. The first-order chi connectivity index (χ1) is 15.4. The molecule has 0 amide bonds. The number of carbonyl (C=O) groups is 1. The highest BCUT2D eigenvalue weighted by molar-refractivity contribution is 7.85. The number of H-pyrrole nitrogens is 1. The van der Waals surface area contributed by atoms with E-state index in [0.717, 1.165) is 21.9 Å². The van der Waals surface area contributed by atoms with Crippen molar-refractivity contribution in [3.63, 3.8) is 0 Å². The Hall–Kier alpha value is -3.85. The molecule has 0 spiro atoms. The zero-order valence-corrected chi connectivity index (χ0v) is 18.2. The minimum atomic E-state index is -1.40. The van der Waals surface area contributed by atoms with Gasteiger partial charge in [0.05, 0.1) is 18.3 Å². The topological polar surface area (TPSA) is 103 Å². The van der Waals surface area contributed by atoms with Crippen LogP contribution in [0.25, 0.3) is 21.8 Å². The molecule has 3 aromatic heterocycles. The summed E-state index contributed by atoms with van der Waals surface area (Å²) in [5.74, 6) is -0.0281. The van der Waals surface area contributed by atoms with Crippen LogP contribution in [0.15, 0.2) is 75.6 Å². The number of hydrogen-bond acceptors (Lipinski definition) is 5. The summed E-state index contributed by atoms with van der Waals surface area (Å²) in [5.41, 5.74) is 2.50. The van der Waals surface area contributed by atoms with E-state index in [1.54, 1.807) is 42.7 Å². The maximum absolute atomic E-state index is 13.3. The quantitative estimate of drug-likeness (QED) is 0.419. The molecule has 1 atom stereocenters. The molecule has 0 aliphatic rings. The number of nitrogens with one attached hydrogen (secondary N) is 1. The number of aromatic amines is 1. The van der Waals surface area contributed by atoms with Gasteiger partial charge in [0.1, 0.15) is 21.3 Å². The number of aromatic nitrogens is 5. The van der Waals surface area contributed by atoms with Gasteiger partial charge >= 0.3 is 0 Å². The lowest BCUT2D eigenvalue weighted by Gasteiger charge is -2.07. The van der Waals surface area contributed by atoms with Crippen LogP contribution in [-0.2, 0) is 24.4 Å². The fraction of sp³-hybridized carbons (Fsp3) is 0.130. The molecule has 1 unspecified atom stereocenters. The fourth-order valence-corrected chi connectivity index (χ4v) is 4.88. The first-order valence-corrected chi connectivity index (χ1v) is 11.1. The van der Waals surface area contributed by atoms with Gasteiger partial charge in [-0.15, -0.1) is 0 Å². The Morgan fingerprint density at radius 3 is 2.72 bits per heavy atom. The van der Waals surface area contributed by atoms with Crippen LogP contribution in [0.2, 0.25) is 0 Å². The second-order valence-corrected chi connectivity index (χ2v) is 9.00. The van der Waals surface area contributed by atoms with Crippen LogP contribution in [0.1, 0.15) is 22.8 Å². The van der Waals surface area contributed by atoms with Gasteiger partial charge in [-0.1, -0.05) is 24.3 Å². The molecule has 9 heteroatoms. The van der Waals surface area contributed by atoms with Crippen molar-refractivity contribution in [1.29, 1.82) is 0 Å². The van der Waals surface area contributed by atoms with Gasteiger partial charge in [-0.3, -0.25) is 14.7 Å². The van der Waals surface area contributed by atoms with Crippen LogP contribution in [0.4, 0.5) is 0 Å². The minimum absolute atomic E-state index is 0.0281. The molecule has 0 aliphatic carbocycles. The van der Waals surface area contributed by atoms with E-state index in [4.69, 9.17) is 0 Å². The van der Waals surface area contributed by atoms with Gasteiger partial charge in [0.15, 0.2) is 5.78 Å². The first kappa shape index (κ1) is 20.1. The SMILES string of the molecule is CC(=O)c1cccc(Cn2ncc3c4ccc(S(=O)c5ccn[nH]5)cc4n(C)c3c2=O)c1. The zero-order valence-electron chi connectivity index (χ0n) is 17.4. The van der Waals surface area contributed by atoms with Gasteiger partial charge in [-0.05, 0) is 36.8 Å². The van der Waals surface area contributed by atoms with Gasteiger partial charge in [0, 0.05) is 34.5 Å². The summed E-state index contributed by atoms with van der Waals surface area (Å²) in [6.07, 6.45) is 3.24. The summed E-state index contributed by atoms with van der Waals surface area (Å²) in [6.45, 7) is 1.77. The molecule has 0 aliphatic heterocycles. The van der Waals surface area contributed by atoms with Gasteiger partial charge in [0.25, 0.3) is 5.56 Å². The molecule has 5 aromatic rings. The lowest BCUT2D eigenvalue weighted by atomic mass is 10.1. The predicted octanol–water partition coefficient (Wildman–Crippen LogP) is 3.03. The maximum atomic E-state index is 13.3. The predicted molar refractivity (Wildman–Crippen MR) is 121 cm³/mol. The summed E-state index contributed by atoms with van der Waals surface area (Å²) in [6, 6.07) is 14.3. The van der Waals surface area contributed by atoms with Gasteiger partial charge in [0.2, 0.25) is 0 Å². The molecule has 0 fully saturated rings. The molecule has 160 valence electrons. The van der Waals surface area contributed by atoms with Crippen molar-refractivity contribution >= 4 is 38.4 Å². The van der Waals surface area contributed by atoms with Crippen molar-refractivity contribution in [2.45, 2.75) is 23.4 Å². The number of nitrogens with zero attached hydrogens (tertiary/aromatic N) is 4. The fourth-order valence-electron chi connectivity index (χ4n) is 3.90. The molecule has 0 saturated carbocycles. The van der Waals surface area contributed by atoms with Crippen molar-refractivity contribution in [1.82, 2.24) is 24.5 Å². The third-order valence-electron chi connectivity index (χ3n) is 5.53. The Balaban J connectivity index is 1.61. The molecule has 0 bridgehead atoms. The van der Waals surface area contributed by atoms with E-state index in [2.05, 4.69) is 15.3 Å². The lowest BCUT2D eigenvalue weighted by molar-refractivity contribution is 0.101. The van der Waals surface area contributed by atoms with Crippen LogP contribution >= 0.6 is 0 Å². The average Bonchev–Trinajstić information content (AvgIpc) is 3.43. The number of hydrogen-bond donors (Lipinski definition) is 1. The summed E-state index contributed by atoms with van der Waals surface area (Å²) in [4.78, 5) is 25.6. The highest BCUT2D eigenvalue weighted by atomic mass is 32.2. The second-order valence-electron chi connectivity index (χ2n) is 7.55. The second kappa shape index (κ2) is 7.69. The van der Waals surface area contributed by atoms with Crippen molar-refractivity contribution < 1.29 is 9.00 Å². The molecule has 2 aromatic carbocycles. The van der Waals surface area contributed by atoms with E-state index in [0.29, 0.717) is 21.0 Å². The third-order valence-corrected chi connectivity index (χ3v) is 6.84. The minimum Gasteiger partial charge on any atom is -0.339 e. The number of benzene rings is 2. The van der Waals surface area contributed by atoms with Crippen LogP contribution in [-0.4, -0.2) is 34.5 Å². The van der Waals surface area contributed by atoms with Gasteiger partial charge < -0.3 is 4.57 Å². The van der Waals surface area contributed by atoms with Crippen molar-refractivity contribution in [3.05, 3.63) is 82.4 Å². The van der Waals surface area contributed by atoms with Crippen LogP contribution in [0.5, 0.6) is 0 Å². The molecule has 32 heavy (non-hydrogen) atoms. The molecular weight excluding hydrogens is 426 g/mol. The number of aryl methyl sites for hydroxylation is 1. The van der Waals surface area contributed by atoms with E-state index in [-0.39, 0.29) is 17.9 Å². The molecule has 0 radical (unpaired) electrons. The van der Waals surface area contributed by atoms with E-state index in [9.17, 15) is 13.8 Å². The molecule has 5 rings (SSSR count). The van der Waals surface area contributed by atoms with Crippen molar-refractivity contribution in [2.24, 2.45) is 7.05 Å². The summed E-state index contributed by atoms with van der Waals surface area (Å²) < 4.78 is 16.0. The summed E-state index contributed by atoms with van der Waals surface area (Å²) in [5, 5.41) is 13.1. The Morgan fingerprint density at radius 1 is 1.12 bits per heavy atom. The van der Waals surface area contributed by atoms with E-state index >= 15 is 0 Å². The number of rotatable bonds is 5. The molecule has 0 saturated heterocycles. The monoisotopic (exact) mass is 445 g/mol. The van der Waals surface area contributed by atoms with E-state index < -0.39 is 10.8 Å². The Labute approximate surface area is 185 Å². The van der Waals surface area contributed by atoms with Gasteiger partial charge in [-0.2, -0.15) is 10.2 Å². The number of fused-ring (bicyclic) bond motifs is 3. The lowest BCUT2D eigenvalue weighted by Crippen LogP contribution is -2.24. The number of Topliss-reactive ketones (excluding diaryl/α,β-unsaturated/α-hetero) is 1. The van der Waals surface area contributed by atoms with Crippen molar-refractivity contribution in [2.75, 3.05) is 0 Å². The van der Waals surface area contributed by atoms with E-state index in [1.807, 2.05) is 29.8 Å². The van der Waals surface area contributed by atoms with Crippen LogP contribution in [0.3, 0.4) is 0 Å². The molecular formula is C23H19N5O3S. The molecule has 1 N–H and O–H groups in total. The smallest absolute Gasteiger partial charge is 0.291 e. The highest BCUT2D eigenvalue weighted by Gasteiger charge is 2.17. The average molecular weight is 446 g/mol. The first-order valence-electron chi connectivity index (χ1n) is 9.93. The standard InChI is InChI=1S/C23H19N5O3S/c1-14(29)16-5-3-4-15(10-16)13-28-23(30)22-19(12-25-28)18-7-6-17(11-20(18)27(22)2)32(31)21-8-9-24-26-21/h3-12H,13H2,1-2H3,(H,24,26). The molecule has 8 nitrogen and oxygen atoms in total. The Morgan fingerprint density at radius 2 is 1.97 bits per heavy atom. The maximum Gasteiger partial charge on any atom is 0.291 e. The number of ketones is 1. The van der Waals surface area contributed by atoms with Crippen LogP contribution in [0, 0.1) is 0 Å². The van der Waals surface area contributed by atoms with Gasteiger partial charge in [-0.25, -0.2) is 8.89 Å². The largest absolute Gasteiger partial charge is 0.339 e. The highest BCUT2D eigenvalue weighted by Crippen LogP contribution is 2.28. The molecule has 3 heterocycles. The van der Waals surface area contributed by atoms with E-state index in [1.165, 1.54) is 11.6 Å². The zero-order chi connectivity index (χ0) is 22.4. The Bertz CT molecular complexity index is 1580. The van der Waals surface area contributed by atoms with Crippen LogP contribution < -0.4 is 5.56 Å². The van der Waals surface area contributed by atoms with Crippen molar-refractivity contribution in [3.8, 4) is 0 Å². The third kappa shape index (κ3) is 3.27. The number of carbonyl (C=O) groups excluding carboxylic acids is 1. The normalized spacial score (nSPS) is 12.4.